The van der Waals surface area contributed by atoms with E-state index < -0.39 is 0 Å². The summed E-state index contributed by atoms with van der Waals surface area (Å²) in [6, 6.07) is 14.3. The van der Waals surface area contributed by atoms with Crippen LogP contribution in [0, 0.1) is 5.92 Å². The van der Waals surface area contributed by atoms with Gasteiger partial charge in [-0.2, -0.15) is 0 Å². The number of benzene rings is 2. The predicted molar refractivity (Wildman–Crippen MR) is 82.0 cm³/mol. The van der Waals surface area contributed by atoms with E-state index in [4.69, 9.17) is 0 Å². The summed E-state index contributed by atoms with van der Waals surface area (Å²) >= 11 is 1.76. The second-order valence-corrected chi connectivity index (χ2v) is 6.51. The van der Waals surface area contributed by atoms with Crippen LogP contribution in [-0.2, 0) is 0 Å². The number of nitrogens with one attached hydrogen (secondary N) is 1. The van der Waals surface area contributed by atoms with Crippen LogP contribution in [0.15, 0.2) is 52.3 Å². The molecule has 0 aromatic heterocycles. The van der Waals surface area contributed by atoms with Crippen molar-refractivity contribution in [2.75, 3.05) is 5.32 Å². The Kier molecular flexibility index (Phi) is 2.81. The lowest BCUT2D eigenvalue weighted by Gasteiger charge is -2.25. The maximum Gasteiger partial charge on any atom is 0.166 e. The molecular weight excluding hydrogens is 266 g/mol. The van der Waals surface area contributed by atoms with Crippen molar-refractivity contribution in [3.63, 3.8) is 0 Å². The van der Waals surface area contributed by atoms with Crippen LogP contribution in [0.5, 0.6) is 0 Å². The molecule has 0 radical (unpaired) electrons. The summed E-state index contributed by atoms with van der Waals surface area (Å²) in [5.74, 6) is 0.571. The van der Waals surface area contributed by atoms with E-state index in [-0.39, 0.29) is 5.92 Å². The highest BCUT2D eigenvalue weighted by Gasteiger charge is 2.27. The Morgan fingerprint density at radius 1 is 1.05 bits per heavy atom. The van der Waals surface area contributed by atoms with Gasteiger partial charge in [0.25, 0.3) is 0 Å². The van der Waals surface area contributed by atoms with Gasteiger partial charge in [-0.25, -0.2) is 0 Å². The van der Waals surface area contributed by atoms with Crippen molar-refractivity contribution in [1.29, 1.82) is 0 Å². The third-order valence-electron chi connectivity index (χ3n) is 4.12. The zero-order valence-corrected chi connectivity index (χ0v) is 11.9. The zero-order chi connectivity index (χ0) is 13.5. The lowest BCUT2D eigenvalue weighted by molar-refractivity contribution is 0.0855. The van der Waals surface area contributed by atoms with E-state index in [1.54, 1.807) is 11.8 Å². The molecule has 100 valence electrons. The Morgan fingerprint density at radius 2 is 1.85 bits per heavy atom. The van der Waals surface area contributed by atoms with E-state index in [0.717, 1.165) is 29.8 Å². The number of anilines is 2. The fourth-order valence-corrected chi connectivity index (χ4v) is 3.67. The van der Waals surface area contributed by atoms with Crippen molar-refractivity contribution >= 4 is 28.9 Å². The molecule has 1 heterocycles. The van der Waals surface area contributed by atoms with Crippen molar-refractivity contribution < 1.29 is 4.79 Å². The molecule has 20 heavy (non-hydrogen) atoms. The molecule has 4 rings (SSSR count). The molecule has 0 unspecified atom stereocenters. The van der Waals surface area contributed by atoms with Gasteiger partial charge in [0.1, 0.15) is 0 Å². The van der Waals surface area contributed by atoms with E-state index in [2.05, 4.69) is 23.5 Å². The van der Waals surface area contributed by atoms with Crippen LogP contribution in [0.3, 0.4) is 0 Å². The Labute approximate surface area is 122 Å². The lowest BCUT2D eigenvalue weighted by atomic mass is 9.80. The Hall–Kier alpha value is -1.74. The topological polar surface area (TPSA) is 29.1 Å². The molecule has 0 saturated heterocycles. The van der Waals surface area contributed by atoms with Crippen molar-refractivity contribution in [3.05, 3.63) is 48.0 Å². The summed E-state index contributed by atoms with van der Waals surface area (Å²) in [4.78, 5) is 14.7. The SMILES string of the molecule is O=C(c1ccc2c(c1)Nc1ccccc1S2)C1CCC1. The monoisotopic (exact) mass is 281 g/mol. The molecule has 2 nitrogen and oxygen atoms in total. The largest absolute Gasteiger partial charge is 0.354 e. The van der Waals surface area contributed by atoms with E-state index >= 15 is 0 Å². The molecule has 2 aliphatic rings. The minimum Gasteiger partial charge on any atom is -0.354 e. The van der Waals surface area contributed by atoms with Gasteiger partial charge in [0.15, 0.2) is 5.78 Å². The molecule has 0 atom stereocenters. The maximum absolute atomic E-state index is 12.3. The summed E-state index contributed by atoms with van der Waals surface area (Å²) in [5.41, 5.74) is 3.03. The summed E-state index contributed by atoms with van der Waals surface area (Å²) in [5, 5.41) is 3.44. The van der Waals surface area contributed by atoms with E-state index in [1.165, 1.54) is 16.2 Å². The van der Waals surface area contributed by atoms with Gasteiger partial charge < -0.3 is 5.32 Å². The highest BCUT2D eigenvalue weighted by atomic mass is 32.2. The Bertz CT molecular complexity index is 691. The van der Waals surface area contributed by atoms with E-state index in [0.29, 0.717) is 5.78 Å². The molecule has 1 aliphatic heterocycles. The second kappa shape index (κ2) is 4.67. The average Bonchev–Trinajstić information content (AvgIpc) is 2.42. The van der Waals surface area contributed by atoms with Crippen LogP contribution < -0.4 is 5.32 Å². The van der Waals surface area contributed by atoms with E-state index in [1.807, 2.05) is 24.3 Å². The second-order valence-electron chi connectivity index (χ2n) is 5.43. The summed E-state index contributed by atoms with van der Waals surface area (Å²) in [6.45, 7) is 0. The molecular formula is C17H15NOS. The molecule has 1 saturated carbocycles. The molecule has 1 fully saturated rings. The molecule has 0 amide bonds. The summed E-state index contributed by atoms with van der Waals surface area (Å²) < 4.78 is 0. The fourth-order valence-electron chi connectivity index (χ4n) is 2.70. The number of ketones is 1. The van der Waals surface area contributed by atoms with Gasteiger partial charge in [0.2, 0.25) is 0 Å². The zero-order valence-electron chi connectivity index (χ0n) is 11.1. The number of para-hydroxylation sites is 1. The van der Waals surface area contributed by atoms with Gasteiger partial charge in [0, 0.05) is 21.3 Å². The number of fused-ring (bicyclic) bond motifs is 2. The van der Waals surface area contributed by atoms with Crippen LogP contribution in [0.2, 0.25) is 0 Å². The first-order valence-corrected chi connectivity index (χ1v) is 7.85. The van der Waals surface area contributed by atoms with Gasteiger partial charge in [-0.3, -0.25) is 4.79 Å². The average molecular weight is 281 g/mol. The van der Waals surface area contributed by atoms with Gasteiger partial charge in [-0.15, -0.1) is 0 Å². The highest BCUT2D eigenvalue weighted by Crippen LogP contribution is 2.44. The number of hydrogen-bond donors (Lipinski definition) is 1. The summed E-state index contributed by atoms with van der Waals surface area (Å²) in [7, 11) is 0. The molecule has 2 aromatic carbocycles. The lowest BCUT2D eigenvalue weighted by Crippen LogP contribution is -2.22. The maximum atomic E-state index is 12.3. The standard InChI is InChI=1S/C17H15NOS/c19-17(11-4-3-5-11)12-8-9-16-14(10-12)18-13-6-1-2-7-15(13)20-16/h1-2,6-11,18H,3-5H2. The number of hydrogen-bond acceptors (Lipinski definition) is 3. The van der Waals surface area contributed by atoms with E-state index in [9.17, 15) is 4.79 Å². The number of carbonyl (C=O) groups is 1. The number of Topliss-reactive ketones (excluding diaryl/α,β-unsaturated/α-hetero) is 1. The molecule has 3 heteroatoms. The quantitative estimate of drug-likeness (QED) is 0.679. The van der Waals surface area contributed by atoms with Crippen LogP contribution in [0.25, 0.3) is 0 Å². The highest BCUT2D eigenvalue weighted by molar-refractivity contribution is 7.99. The van der Waals surface area contributed by atoms with Crippen LogP contribution >= 0.6 is 11.8 Å². The van der Waals surface area contributed by atoms with Crippen molar-refractivity contribution in [2.45, 2.75) is 29.1 Å². The molecule has 0 bridgehead atoms. The van der Waals surface area contributed by atoms with Gasteiger partial charge in [-0.1, -0.05) is 36.4 Å². The summed E-state index contributed by atoms with van der Waals surface area (Å²) in [6.07, 6.45) is 3.31. The van der Waals surface area contributed by atoms with Gasteiger partial charge >= 0.3 is 0 Å². The van der Waals surface area contributed by atoms with Gasteiger partial charge in [-0.05, 0) is 37.1 Å². The van der Waals surface area contributed by atoms with Crippen molar-refractivity contribution in [1.82, 2.24) is 0 Å². The van der Waals surface area contributed by atoms with Gasteiger partial charge in [0.05, 0.1) is 11.4 Å². The van der Waals surface area contributed by atoms with Crippen LogP contribution in [0.4, 0.5) is 11.4 Å². The Balaban J connectivity index is 1.67. The number of rotatable bonds is 2. The first-order valence-electron chi connectivity index (χ1n) is 7.03. The molecule has 0 spiro atoms. The molecule has 2 aromatic rings. The van der Waals surface area contributed by atoms with Crippen LogP contribution in [-0.4, -0.2) is 5.78 Å². The Morgan fingerprint density at radius 3 is 2.65 bits per heavy atom. The minimum absolute atomic E-state index is 0.261. The van der Waals surface area contributed by atoms with Crippen molar-refractivity contribution in [2.24, 2.45) is 5.92 Å². The fraction of sp³-hybridized carbons (Fsp3) is 0.235. The third kappa shape index (κ3) is 1.93. The van der Waals surface area contributed by atoms with Crippen molar-refractivity contribution in [3.8, 4) is 0 Å². The first-order chi connectivity index (χ1) is 9.81. The number of carbonyl (C=O) groups excluding carboxylic acids is 1. The predicted octanol–water partition coefficient (Wildman–Crippen LogP) is 4.88. The molecule has 1 N–H and O–H groups in total. The third-order valence-corrected chi connectivity index (χ3v) is 5.27. The van der Waals surface area contributed by atoms with Crippen LogP contribution in [0.1, 0.15) is 29.6 Å². The minimum atomic E-state index is 0.261. The smallest absolute Gasteiger partial charge is 0.166 e. The first kappa shape index (κ1) is 12.0. The normalized spacial score (nSPS) is 16.6. The molecule has 1 aliphatic carbocycles.